The largest absolute Gasteiger partial charge is 0.307 e. The summed E-state index contributed by atoms with van der Waals surface area (Å²) in [6, 6.07) is 18.2. The van der Waals surface area contributed by atoms with Crippen molar-refractivity contribution in [3.63, 3.8) is 0 Å². The van der Waals surface area contributed by atoms with E-state index in [2.05, 4.69) is 37.9 Å². The van der Waals surface area contributed by atoms with Crippen molar-refractivity contribution in [3.05, 3.63) is 98.3 Å². The highest BCUT2D eigenvalue weighted by molar-refractivity contribution is 7.71. The number of aromatic nitrogens is 5. The highest BCUT2D eigenvalue weighted by Crippen LogP contribution is 2.20. The first-order valence-corrected chi connectivity index (χ1v) is 11.7. The van der Waals surface area contributed by atoms with Gasteiger partial charge in [-0.3, -0.25) is 9.58 Å². The quantitative estimate of drug-likeness (QED) is 0.327. The van der Waals surface area contributed by atoms with Gasteiger partial charge in [-0.25, -0.2) is 4.68 Å². The summed E-state index contributed by atoms with van der Waals surface area (Å²) in [5.74, 6) is 0.958. The molecule has 0 saturated carbocycles. The van der Waals surface area contributed by atoms with E-state index < -0.39 is 0 Å². The Hall–Kier alpha value is -2.74. The Morgan fingerprint density at radius 1 is 0.970 bits per heavy atom. The molecule has 0 spiro atoms. The lowest BCUT2D eigenvalue weighted by Gasteiger charge is -2.17. The van der Waals surface area contributed by atoms with Crippen molar-refractivity contribution >= 4 is 23.8 Å². The minimum Gasteiger partial charge on any atom is -0.307 e. The lowest BCUT2D eigenvalue weighted by Crippen LogP contribution is -2.23. The smallest absolute Gasteiger partial charge is 0.198 e. The monoisotopic (exact) mass is 480 g/mol. The molecular formula is C25H29ClN6S. The van der Waals surface area contributed by atoms with Crippen LogP contribution in [-0.4, -0.2) is 36.1 Å². The molecule has 0 radical (unpaired) electrons. The van der Waals surface area contributed by atoms with Gasteiger partial charge in [0, 0.05) is 36.3 Å². The minimum atomic E-state index is 0.607. The number of nitrogens with zero attached hydrogens (tertiary/aromatic N) is 6. The first-order valence-electron chi connectivity index (χ1n) is 10.9. The van der Waals surface area contributed by atoms with Crippen LogP contribution in [0.15, 0.2) is 54.6 Å². The zero-order valence-electron chi connectivity index (χ0n) is 19.5. The lowest BCUT2D eigenvalue weighted by atomic mass is 10.1. The molecule has 0 N–H and O–H groups in total. The molecule has 2 aromatic carbocycles. The summed E-state index contributed by atoms with van der Waals surface area (Å²) >= 11 is 12.0. The van der Waals surface area contributed by atoms with Gasteiger partial charge in [-0.1, -0.05) is 60.1 Å². The molecule has 0 unspecified atom stereocenters. The molecule has 8 heteroatoms. The first kappa shape index (κ1) is 23.4. The van der Waals surface area contributed by atoms with Crippen molar-refractivity contribution in [2.24, 2.45) is 7.05 Å². The van der Waals surface area contributed by atoms with Crippen molar-refractivity contribution in [2.75, 3.05) is 7.05 Å². The molecule has 4 aromatic rings. The molecule has 0 fully saturated rings. The Labute approximate surface area is 205 Å². The van der Waals surface area contributed by atoms with Gasteiger partial charge in [-0.15, -0.1) is 0 Å². The van der Waals surface area contributed by atoms with E-state index in [0.29, 0.717) is 13.2 Å². The van der Waals surface area contributed by atoms with Crippen LogP contribution in [0.2, 0.25) is 5.02 Å². The average Bonchev–Trinajstić information content (AvgIpc) is 3.21. The zero-order chi connectivity index (χ0) is 23.5. The Bertz CT molecular complexity index is 1300. The fourth-order valence-electron chi connectivity index (χ4n) is 4.01. The second kappa shape index (κ2) is 10.0. The number of hydrogen-bond donors (Lipinski definition) is 0. The summed E-state index contributed by atoms with van der Waals surface area (Å²) in [5.41, 5.74) is 5.68. The molecule has 33 heavy (non-hydrogen) atoms. The van der Waals surface area contributed by atoms with Gasteiger partial charge in [0.05, 0.1) is 18.9 Å². The molecule has 0 aliphatic heterocycles. The summed E-state index contributed by atoms with van der Waals surface area (Å²) in [6.45, 7) is 6.20. The molecule has 0 atom stereocenters. The fraction of sp³-hybridized carbons (Fsp3) is 0.320. The molecule has 0 aliphatic rings. The van der Waals surface area contributed by atoms with Crippen molar-refractivity contribution in [1.29, 1.82) is 0 Å². The number of aryl methyl sites for hydroxylation is 1. The molecular weight excluding hydrogens is 452 g/mol. The van der Waals surface area contributed by atoms with E-state index in [1.165, 1.54) is 11.1 Å². The maximum absolute atomic E-state index is 6.36. The molecule has 172 valence electrons. The van der Waals surface area contributed by atoms with E-state index in [4.69, 9.17) is 34.0 Å². The van der Waals surface area contributed by atoms with Gasteiger partial charge < -0.3 is 4.57 Å². The van der Waals surface area contributed by atoms with E-state index in [1.807, 2.05) is 63.4 Å². The predicted molar refractivity (Wildman–Crippen MR) is 135 cm³/mol. The molecule has 0 amide bonds. The van der Waals surface area contributed by atoms with Crippen LogP contribution >= 0.6 is 23.8 Å². The number of benzene rings is 2. The minimum absolute atomic E-state index is 0.607. The molecule has 0 aliphatic carbocycles. The summed E-state index contributed by atoms with van der Waals surface area (Å²) in [5, 5.41) is 10.3. The topological polar surface area (TPSA) is 43.8 Å². The van der Waals surface area contributed by atoms with Crippen LogP contribution < -0.4 is 0 Å². The molecule has 0 saturated heterocycles. The van der Waals surface area contributed by atoms with Crippen LogP contribution in [0.25, 0.3) is 0 Å². The highest BCUT2D eigenvalue weighted by Gasteiger charge is 2.16. The molecule has 6 nitrogen and oxygen atoms in total. The van der Waals surface area contributed by atoms with E-state index in [0.717, 1.165) is 45.5 Å². The van der Waals surface area contributed by atoms with Gasteiger partial charge in [0.25, 0.3) is 0 Å². The van der Waals surface area contributed by atoms with Crippen LogP contribution in [0.3, 0.4) is 0 Å². The summed E-state index contributed by atoms with van der Waals surface area (Å²) < 4.78 is 6.64. The normalized spacial score (nSPS) is 11.5. The van der Waals surface area contributed by atoms with Gasteiger partial charge in [-0.2, -0.15) is 10.2 Å². The third-order valence-electron chi connectivity index (χ3n) is 5.95. The third-order valence-corrected chi connectivity index (χ3v) is 6.80. The Kier molecular flexibility index (Phi) is 7.12. The second-order valence-corrected chi connectivity index (χ2v) is 9.25. The van der Waals surface area contributed by atoms with Crippen LogP contribution in [0.4, 0.5) is 0 Å². The second-order valence-electron chi connectivity index (χ2n) is 8.47. The maximum Gasteiger partial charge on any atom is 0.198 e. The molecule has 4 rings (SSSR count). The van der Waals surface area contributed by atoms with Gasteiger partial charge in [-0.05, 0) is 50.3 Å². The Morgan fingerprint density at radius 2 is 1.67 bits per heavy atom. The predicted octanol–water partition coefficient (Wildman–Crippen LogP) is 5.15. The third kappa shape index (κ3) is 5.27. The van der Waals surface area contributed by atoms with E-state index in [-0.39, 0.29) is 0 Å². The van der Waals surface area contributed by atoms with Crippen molar-refractivity contribution in [1.82, 2.24) is 29.0 Å². The van der Waals surface area contributed by atoms with Crippen LogP contribution in [0.1, 0.15) is 33.9 Å². The number of hydrogen-bond acceptors (Lipinski definition) is 4. The van der Waals surface area contributed by atoms with Crippen LogP contribution in [0, 0.1) is 18.6 Å². The van der Waals surface area contributed by atoms with Crippen molar-refractivity contribution in [2.45, 2.75) is 40.0 Å². The standard InChI is InChI=1S/C25H29ClN6S/c1-18-22(19(2)31(27-18)15-21-12-8-9-13-23(21)26)16-29(3)17-32-25(33)30(4)24(28-32)14-20-10-6-5-7-11-20/h5-13H,14-17H2,1-4H3. The van der Waals surface area contributed by atoms with Gasteiger partial charge >= 0.3 is 0 Å². The van der Waals surface area contributed by atoms with Gasteiger partial charge in [0.2, 0.25) is 0 Å². The average molecular weight is 481 g/mol. The Morgan fingerprint density at radius 3 is 2.39 bits per heavy atom. The zero-order valence-corrected chi connectivity index (χ0v) is 21.1. The van der Waals surface area contributed by atoms with Gasteiger partial charge in [0.15, 0.2) is 4.77 Å². The van der Waals surface area contributed by atoms with Crippen LogP contribution in [-0.2, 0) is 33.2 Å². The molecule has 2 aromatic heterocycles. The summed E-state index contributed by atoms with van der Waals surface area (Å²) in [4.78, 5) is 2.21. The molecule has 2 heterocycles. The van der Waals surface area contributed by atoms with Gasteiger partial charge in [0.1, 0.15) is 5.82 Å². The van der Waals surface area contributed by atoms with E-state index in [9.17, 15) is 0 Å². The molecule has 0 bridgehead atoms. The summed E-state index contributed by atoms with van der Waals surface area (Å²) in [6.07, 6.45) is 0.755. The fourth-order valence-corrected chi connectivity index (χ4v) is 4.41. The van der Waals surface area contributed by atoms with Crippen molar-refractivity contribution in [3.8, 4) is 0 Å². The van der Waals surface area contributed by atoms with Crippen LogP contribution in [0.5, 0.6) is 0 Å². The maximum atomic E-state index is 6.36. The SMILES string of the molecule is Cc1nn(Cc2ccccc2Cl)c(C)c1CN(C)Cn1nc(Cc2ccccc2)n(C)c1=S. The van der Waals surface area contributed by atoms with Crippen molar-refractivity contribution < 1.29 is 0 Å². The Balaban J connectivity index is 1.48. The number of halogens is 1. The van der Waals surface area contributed by atoms with E-state index in [1.54, 1.807) is 0 Å². The van der Waals surface area contributed by atoms with E-state index >= 15 is 0 Å². The summed E-state index contributed by atoms with van der Waals surface area (Å²) in [7, 11) is 4.06. The lowest BCUT2D eigenvalue weighted by molar-refractivity contribution is 0.242. The first-order chi connectivity index (χ1) is 15.8. The number of rotatable bonds is 8. The highest BCUT2D eigenvalue weighted by atomic mass is 35.5.